The molecule has 0 aromatic heterocycles. The van der Waals surface area contributed by atoms with Crippen molar-refractivity contribution >= 4 is 0 Å². The molecule has 0 bridgehead atoms. The second-order valence-electron chi connectivity index (χ2n) is 2.15. The fourth-order valence-corrected chi connectivity index (χ4v) is 0.479. The molecule has 1 nitrogen and oxygen atoms in total. The minimum atomic E-state index is 0.148. The summed E-state index contributed by atoms with van der Waals surface area (Å²) in [5, 5.41) is 0. The van der Waals surface area contributed by atoms with Gasteiger partial charge in [0.2, 0.25) is 0 Å². The lowest BCUT2D eigenvalue weighted by atomic mass is 10.3. The predicted molar refractivity (Wildman–Crippen MR) is 46.7 cm³/mol. The van der Waals surface area contributed by atoms with Gasteiger partial charge in [0, 0.05) is 6.04 Å². The Kier molecular flexibility index (Phi) is 5.79. The van der Waals surface area contributed by atoms with E-state index in [1.165, 1.54) is 0 Å². The van der Waals surface area contributed by atoms with Crippen LogP contribution in [0.4, 0.5) is 0 Å². The van der Waals surface area contributed by atoms with Crippen LogP contribution < -0.4 is 5.73 Å². The molecule has 0 aliphatic carbocycles. The number of hydrogen-bond acceptors (Lipinski definition) is 1. The first-order valence-electron chi connectivity index (χ1n) is 3.49. The molecule has 0 radical (unpaired) electrons. The van der Waals surface area contributed by atoms with Crippen molar-refractivity contribution in [2.24, 2.45) is 5.73 Å². The monoisotopic (exact) mass is 137 g/mol. The summed E-state index contributed by atoms with van der Waals surface area (Å²) in [6.07, 6.45) is 11.8. The van der Waals surface area contributed by atoms with Crippen LogP contribution in [0.1, 0.15) is 13.8 Å². The lowest BCUT2D eigenvalue weighted by Crippen LogP contribution is -2.09. The Hall–Kier alpha value is -0.820. The number of nitrogens with two attached hydrogens (primary N) is 1. The molecule has 56 valence electrons. The van der Waals surface area contributed by atoms with Crippen LogP contribution in [0.3, 0.4) is 0 Å². The SMILES string of the molecule is C\C=C/C=C\C=C\C(C)N. The van der Waals surface area contributed by atoms with E-state index in [0.717, 1.165) is 0 Å². The highest BCUT2D eigenvalue weighted by atomic mass is 14.6. The largest absolute Gasteiger partial charge is 0.325 e. The normalized spacial score (nSPS) is 15.9. The van der Waals surface area contributed by atoms with Crippen molar-refractivity contribution in [3.63, 3.8) is 0 Å². The Bertz CT molecular complexity index is 141. The van der Waals surface area contributed by atoms with Crippen LogP contribution in [0, 0.1) is 0 Å². The Labute approximate surface area is 62.9 Å². The molecule has 1 heteroatoms. The van der Waals surface area contributed by atoms with Crippen molar-refractivity contribution in [2.75, 3.05) is 0 Å². The highest BCUT2D eigenvalue weighted by molar-refractivity contribution is 5.11. The van der Waals surface area contributed by atoms with Crippen LogP contribution in [0.2, 0.25) is 0 Å². The third-order valence-electron chi connectivity index (χ3n) is 0.940. The Balaban J connectivity index is 3.51. The maximum atomic E-state index is 5.47. The molecule has 0 aliphatic heterocycles. The lowest BCUT2D eigenvalue weighted by molar-refractivity contribution is 0.926. The van der Waals surface area contributed by atoms with E-state index in [1.807, 2.05) is 50.3 Å². The first kappa shape index (κ1) is 9.18. The summed E-state index contributed by atoms with van der Waals surface area (Å²) in [5.74, 6) is 0. The van der Waals surface area contributed by atoms with Crippen LogP contribution in [0.25, 0.3) is 0 Å². The summed E-state index contributed by atoms with van der Waals surface area (Å²) in [4.78, 5) is 0. The van der Waals surface area contributed by atoms with Crippen LogP contribution in [-0.2, 0) is 0 Å². The lowest BCUT2D eigenvalue weighted by Gasteiger charge is -1.89. The Morgan fingerprint density at radius 2 is 1.70 bits per heavy atom. The smallest absolute Gasteiger partial charge is 0.0197 e. The number of hydrogen-bond donors (Lipinski definition) is 1. The van der Waals surface area contributed by atoms with Gasteiger partial charge in [0.15, 0.2) is 0 Å². The Morgan fingerprint density at radius 3 is 2.20 bits per heavy atom. The van der Waals surface area contributed by atoms with Crippen molar-refractivity contribution in [2.45, 2.75) is 19.9 Å². The molecule has 0 amide bonds. The van der Waals surface area contributed by atoms with Crippen molar-refractivity contribution in [1.29, 1.82) is 0 Å². The quantitative estimate of drug-likeness (QED) is 0.592. The summed E-state index contributed by atoms with van der Waals surface area (Å²) in [7, 11) is 0. The molecule has 10 heavy (non-hydrogen) atoms. The highest BCUT2D eigenvalue weighted by Crippen LogP contribution is 1.82. The average molecular weight is 137 g/mol. The van der Waals surface area contributed by atoms with Gasteiger partial charge in [-0.05, 0) is 13.8 Å². The molecule has 0 fully saturated rings. The summed E-state index contributed by atoms with van der Waals surface area (Å²) < 4.78 is 0. The van der Waals surface area contributed by atoms with Gasteiger partial charge in [0.1, 0.15) is 0 Å². The van der Waals surface area contributed by atoms with Gasteiger partial charge in [0.05, 0.1) is 0 Å². The zero-order valence-electron chi connectivity index (χ0n) is 6.62. The first-order chi connectivity index (χ1) is 4.77. The predicted octanol–water partition coefficient (Wildman–Crippen LogP) is 2.02. The van der Waals surface area contributed by atoms with Crippen LogP contribution in [0.15, 0.2) is 36.5 Å². The minimum absolute atomic E-state index is 0.148. The maximum Gasteiger partial charge on any atom is 0.0197 e. The molecule has 0 aliphatic rings. The second kappa shape index (κ2) is 6.30. The van der Waals surface area contributed by atoms with Gasteiger partial charge < -0.3 is 5.73 Å². The Morgan fingerprint density at radius 1 is 1.10 bits per heavy atom. The molecular weight excluding hydrogens is 122 g/mol. The van der Waals surface area contributed by atoms with E-state index in [-0.39, 0.29) is 6.04 Å². The molecule has 0 heterocycles. The van der Waals surface area contributed by atoms with Crippen molar-refractivity contribution in [3.8, 4) is 0 Å². The van der Waals surface area contributed by atoms with Gasteiger partial charge >= 0.3 is 0 Å². The minimum Gasteiger partial charge on any atom is -0.325 e. The topological polar surface area (TPSA) is 26.0 Å². The molecule has 0 aromatic rings. The maximum absolute atomic E-state index is 5.47. The standard InChI is InChI=1S/C9H15N/c1-3-4-5-6-7-8-9(2)10/h3-9H,10H2,1-2H3/b4-3-,6-5-,8-7+. The summed E-state index contributed by atoms with van der Waals surface area (Å²) in [5.41, 5.74) is 5.47. The van der Waals surface area contributed by atoms with E-state index in [0.29, 0.717) is 0 Å². The molecule has 2 N–H and O–H groups in total. The van der Waals surface area contributed by atoms with E-state index in [1.54, 1.807) is 0 Å². The van der Waals surface area contributed by atoms with E-state index in [9.17, 15) is 0 Å². The van der Waals surface area contributed by atoms with Crippen molar-refractivity contribution < 1.29 is 0 Å². The third kappa shape index (κ3) is 7.18. The van der Waals surface area contributed by atoms with E-state index in [4.69, 9.17) is 5.73 Å². The number of allylic oxidation sites excluding steroid dienone is 5. The zero-order valence-corrected chi connectivity index (χ0v) is 6.62. The van der Waals surface area contributed by atoms with Gasteiger partial charge in [-0.15, -0.1) is 0 Å². The van der Waals surface area contributed by atoms with Gasteiger partial charge in [-0.1, -0.05) is 36.5 Å². The van der Waals surface area contributed by atoms with Gasteiger partial charge in [-0.2, -0.15) is 0 Å². The van der Waals surface area contributed by atoms with Crippen LogP contribution >= 0.6 is 0 Å². The van der Waals surface area contributed by atoms with Gasteiger partial charge in [-0.3, -0.25) is 0 Å². The molecule has 1 unspecified atom stereocenters. The van der Waals surface area contributed by atoms with E-state index < -0.39 is 0 Å². The zero-order chi connectivity index (χ0) is 7.82. The van der Waals surface area contributed by atoms with E-state index >= 15 is 0 Å². The summed E-state index contributed by atoms with van der Waals surface area (Å²) >= 11 is 0. The molecule has 0 saturated carbocycles. The van der Waals surface area contributed by atoms with Crippen LogP contribution in [0.5, 0.6) is 0 Å². The van der Waals surface area contributed by atoms with Gasteiger partial charge in [-0.25, -0.2) is 0 Å². The fraction of sp³-hybridized carbons (Fsp3) is 0.333. The highest BCUT2D eigenvalue weighted by Gasteiger charge is 1.77. The van der Waals surface area contributed by atoms with Crippen molar-refractivity contribution in [3.05, 3.63) is 36.5 Å². The van der Waals surface area contributed by atoms with Gasteiger partial charge in [0.25, 0.3) is 0 Å². The fourth-order valence-electron chi connectivity index (χ4n) is 0.479. The average Bonchev–Trinajstić information content (AvgIpc) is 1.87. The molecule has 0 aromatic carbocycles. The third-order valence-corrected chi connectivity index (χ3v) is 0.940. The first-order valence-corrected chi connectivity index (χ1v) is 3.49. The molecule has 1 atom stereocenters. The molecule has 0 saturated heterocycles. The second-order valence-corrected chi connectivity index (χ2v) is 2.15. The van der Waals surface area contributed by atoms with E-state index in [2.05, 4.69) is 0 Å². The van der Waals surface area contributed by atoms with Crippen molar-refractivity contribution in [1.82, 2.24) is 0 Å². The number of rotatable bonds is 3. The summed E-state index contributed by atoms with van der Waals surface area (Å²) in [6, 6.07) is 0.148. The summed E-state index contributed by atoms with van der Waals surface area (Å²) in [6.45, 7) is 3.93. The molecule has 0 rings (SSSR count). The molecular formula is C9H15N. The van der Waals surface area contributed by atoms with Crippen LogP contribution in [-0.4, -0.2) is 6.04 Å². The molecule has 0 spiro atoms.